The number of carbonyl (C=O) groups is 2. The molecule has 0 bridgehead atoms. The van der Waals surface area contributed by atoms with Crippen LogP contribution in [0.4, 0.5) is 0 Å². The molecule has 0 aliphatic rings. The lowest BCUT2D eigenvalue weighted by Gasteiger charge is -2.03. The number of nitrogens with zero attached hydrogens (tertiary/aromatic N) is 5. The largest absolute Gasteiger partial charge is 0.478 e. The summed E-state index contributed by atoms with van der Waals surface area (Å²) in [4.78, 5) is 44.9. The molecule has 3 N–H and O–H groups in total. The third-order valence-electron chi connectivity index (χ3n) is 3.71. The van der Waals surface area contributed by atoms with Crippen LogP contribution in [0.3, 0.4) is 0 Å². The predicted molar refractivity (Wildman–Crippen MR) is 87.0 cm³/mol. The molecule has 0 aromatic carbocycles. The molecule has 0 saturated heterocycles. The van der Waals surface area contributed by atoms with Gasteiger partial charge in [0.2, 0.25) is 11.7 Å². The monoisotopic (exact) mass is 370 g/mol. The van der Waals surface area contributed by atoms with Crippen LogP contribution in [0.25, 0.3) is 17.1 Å². The van der Waals surface area contributed by atoms with E-state index in [2.05, 4.69) is 20.1 Å². The Balaban J connectivity index is 1.76. The summed E-state index contributed by atoms with van der Waals surface area (Å²) in [6.07, 6.45) is 3.70. The Labute approximate surface area is 148 Å². The predicted octanol–water partition coefficient (Wildman–Crippen LogP) is 0.343. The van der Waals surface area contributed by atoms with Gasteiger partial charge < -0.3 is 19.2 Å². The van der Waals surface area contributed by atoms with Crippen LogP contribution in [0.15, 0.2) is 40.1 Å². The quantitative estimate of drug-likeness (QED) is 0.448. The standard InChI is InChI=1S/C15H10N6O6/c22-12-10-11(18-15(19-12)21-4-7(3-17-21)13(23)24)20(6-16-10)5-8-1-2-9(27-8)14(25)26/h1-4,6H,5H2,(H,23,24)(H,25,26)(H,18,19,22). The molecule has 0 fully saturated rings. The maximum absolute atomic E-state index is 12.2. The number of carboxylic acid groups (broad SMARTS) is 2. The average Bonchev–Trinajstić information content (AvgIpc) is 3.34. The molecule has 4 aromatic rings. The van der Waals surface area contributed by atoms with Crippen molar-refractivity contribution >= 4 is 23.1 Å². The first-order chi connectivity index (χ1) is 12.9. The number of aromatic amines is 1. The molecular weight excluding hydrogens is 360 g/mol. The number of furan rings is 1. The normalized spacial score (nSPS) is 11.1. The lowest BCUT2D eigenvalue weighted by Crippen LogP contribution is -2.15. The Morgan fingerprint density at radius 2 is 2.04 bits per heavy atom. The zero-order valence-corrected chi connectivity index (χ0v) is 13.4. The summed E-state index contributed by atoms with van der Waals surface area (Å²) in [6, 6.07) is 2.82. The lowest BCUT2D eigenvalue weighted by molar-refractivity contribution is 0.0657. The number of carboxylic acids is 2. The number of H-pyrrole nitrogens is 1. The fourth-order valence-electron chi connectivity index (χ4n) is 2.46. The highest BCUT2D eigenvalue weighted by molar-refractivity contribution is 5.87. The molecule has 0 aliphatic carbocycles. The Bertz CT molecular complexity index is 1250. The van der Waals surface area contributed by atoms with Gasteiger partial charge in [-0.3, -0.25) is 9.78 Å². The smallest absolute Gasteiger partial charge is 0.371 e. The van der Waals surface area contributed by atoms with Gasteiger partial charge in [-0.2, -0.15) is 10.1 Å². The van der Waals surface area contributed by atoms with Gasteiger partial charge in [0.05, 0.1) is 24.6 Å². The maximum atomic E-state index is 12.2. The fourth-order valence-corrected chi connectivity index (χ4v) is 2.46. The molecule has 0 amide bonds. The summed E-state index contributed by atoms with van der Waals surface area (Å²) in [5.41, 5.74) is -0.335. The van der Waals surface area contributed by atoms with Gasteiger partial charge in [0.15, 0.2) is 11.2 Å². The van der Waals surface area contributed by atoms with Gasteiger partial charge in [-0.25, -0.2) is 19.3 Å². The van der Waals surface area contributed by atoms with E-state index in [4.69, 9.17) is 14.6 Å². The number of hydrogen-bond acceptors (Lipinski definition) is 7. The van der Waals surface area contributed by atoms with E-state index in [0.29, 0.717) is 5.76 Å². The van der Waals surface area contributed by atoms with Crippen molar-refractivity contribution < 1.29 is 24.2 Å². The SMILES string of the molecule is O=C(O)c1cnn(-c2nc3c(ncn3Cc3ccc(C(=O)O)o3)c(=O)[nH]2)c1. The number of nitrogens with one attached hydrogen (secondary N) is 1. The first-order valence-electron chi connectivity index (χ1n) is 7.48. The van der Waals surface area contributed by atoms with E-state index in [1.165, 1.54) is 29.2 Å². The molecular formula is C15H10N6O6. The van der Waals surface area contributed by atoms with Crippen molar-refractivity contribution in [1.29, 1.82) is 0 Å². The molecule has 0 radical (unpaired) electrons. The Kier molecular flexibility index (Phi) is 3.58. The van der Waals surface area contributed by atoms with Gasteiger partial charge in [0.1, 0.15) is 5.76 Å². The first-order valence-corrected chi connectivity index (χ1v) is 7.48. The number of aromatic nitrogens is 6. The molecule has 0 saturated carbocycles. The van der Waals surface area contributed by atoms with E-state index < -0.39 is 17.5 Å². The molecule has 0 unspecified atom stereocenters. The number of imidazole rings is 1. The van der Waals surface area contributed by atoms with Crippen LogP contribution in [0.2, 0.25) is 0 Å². The van der Waals surface area contributed by atoms with Crippen molar-refractivity contribution in [3.63, 3.8) is 0 Å². The Morgan fingerprint density at radius 3 is 2.70 bits per heavy atom. The summed E-state index contributed by atoms with van der Waals surface area (Å²) in [7, 11) is 0. The van der Waals surface area contributed by atoms with Crippen LogP contribution in [0.1, 0.15) is 26.7 Å². The van der Waals surface area contributed by atoms with Crippen LogP contribution in [-0.2, 0) is 6.54 Å². The molecule has 0 aliphatic heterocycles. The summed E-state index contributed by atoms with van der Waals surface area (Å²) in [6.45, 7) is 0.0964. The number of rotatable bonds is 5. The Hall–Kier alpha value is -4.22. The summed E-state index contributed by atoms with van der Waals surface area (Å²) >= 11 is 0. The molecule has 0 spiro atoms. The van der Waals surface area contributed by atoms with Crippen LogP contribution in [-0.4, -0.2) is 51.5 Å². The molecule has 136 valence electrons. The van der Waals surface area contributed by atoms with Gasteiger partial charge in [-0.15, -0.1) is 0 Å². The molecule has 4 aromatic heterocycles. The zero-order valence-electron chi connectivity index (χ0n) is 13.4. The molecule has 27 heavy (non-hydrogen) atoms. The number of fused-ring (bicyclic) bond motifs is 1. The van der Waals surface area contributed by atoms with Crippen molar-refractivity contribution in [3.05, 3.63) is 58.3 Å². The van der Waals surface area contributed by atoms with Gasteiger partial charge in [-0.05, 0) is 12.1 Å². The van der Waals surface area contributed by atoms with E-state index in [-0.39, 0.29) is 35.0 Å². The van der Waals surface area contributed by atoms with Gasteiger partial charge in [0.25, 0.3) is 5.56 Å². The van der Waals surface area contributed by atoms with E-state index in [1.54, 1.807) is 0 Å². The third-order valence-corrected chi connectivity index (χ3v) is 3.71. The minimum atomic E-state index is -1.19. The Morgan fingerprint density at radius 1 is 1.22 bits per heavy atom. The van der Waals surface area contributed by atoms with E-state index in [1.807, 2.05) is 0 Å². The third kappa shape index (κ3) is 2.84. The average molecular weight is 370 g/mol. The van der Waals surface area contributed by atoms with E-state index >= 15 is 0 Å². The van der Waals surface area contributed by atoms with Gasteiger partial charge >= 0.3 is 11.9 Å². The van der Waals surface area contributed by atoms with Crippen molar-refractivity contribution in [2.24, 2.45) is 0 Å². The topological polar surface area (TPSA) is 169 Å². The minimum absolute atomic E-state index is 0.00687. The van der Waals surface area contributed by atoms with Gasteiger partial charge in [-0.1, -0.05) is 0 Å². The molecule has 4 rings (SSSR count). The first kappa shape index (κ1) is 16.3. The number of hydrogen-bond donors (Lipinski definition) is 3. The second-order valence-corrected chi connectivity index (χ2v) is 5.48. The summed E-state index contributed by atoms with van der Waals surface area (Å²) < 4.78 is 7.82. The van der Waals surface area contributed by atoms with Crippen molar-refractivity contribution in [2.45, 2.75) is 6.54 Å². The van der Waals surface area contributed by atoms with Crippen molar-refractivity contribution in [3.8, 4) is 5.95 Å². The maximum Gasteiger partial charge on any atom is 0.371 e. The number of aromatic carboxylic acids is 2. The highest BCUT2D eigenvalue weighted by atomic mass is 16.4. The van der Waals surface area contributed by atoms with Crippen LogP contribution in [0.5, 0.6) is 0 Å². The fraction of sp³-hybridized carbons (Fsp3) is 0.0667. The zero-order chi connectivity index (χ0) is 19.1. The van der Waals surface area contributed by atoms with E-state index in [9.17, 15) is 14.4 Å². The van der Waals surface area contributed by atoms with Crippen molar-refractivity contribution in [1.82, 2.24) is 29.3 Å². The molecule has 0 atom stereocenters. The summed E-state index contributed by atoms with van der Waals surface area (Å²) in [5, 5.41) is 21.8. The lowest BCUT2D eigenvalue weighted by atomic mass is 10.4. The van der Waals surface area contributed by atoms with Crippen LogP contribution in [0, 0.1) is 0 Å². The van der Waals surface area contributed by atoms with Crippen molar-refractivity contribution in [2.75, 3.05) is 0 Å². The minimum Gasteiger partial charge on any atom is -0.478 e. The van der Waals surface area contributed by atoms with Crippen LogP contribution >= 0.6 is 0 Å². The van der Waals surface area contributed by atoms with E-state index in [0.717, 1.165) is 10.9 Å². The molecule has 4 heterocycles. The second kappa shape index (κ2) is 5.94. The van der Waals surface area contributed by atoms with Gasteiger partial charge in [0, 0.05) is 6.20 Å². The highest BCUT2D eigenvalue weighted by Gasteiger charge is 2.15. The molecule has 12 heteroatoms. The highest BCUT2D eigenvalue weighted by Crippen LogP contribution is 2.14. The van der Waals surface area contributed by atoms with Crippen LogP contribution < -0.4 is 5.56 Å². The molecule has 12 nitrogen and oxygen atoms in total. The summed E-state index contributed by atoms with van der Waals surface area (Å²) in [5.74, 6) is -2.23. The second-order valence-electron chi connectivity index (χ2n) is 5.48.